The monoisotopic (exact) mass is 221 g/mol. The van der Waals surface area contributed by atoms with Gasteiger partial charge in [-0.3, -0.25) is 4.79 Å². The van der Waals surface area contributed by atoms with Gasteiger partial charge in [-0.05, 0) is 6.42 Å². The van der Waals surface area contributed by atoms with Crippen molar-refractivity contribution in [3.05, 3.63) is 0 Å². The van der Waals surface area contributed by atoms with Crippen molar-refractivity contribution in [3.63, 3.8) is 0 Å². The molecule has 0 rings (SSSR count). The maximum Gasteiger partial charge on any atom is 0.249 e. The molecule has 6 nitrogen and oxygen atoms in total. The van der Waals surface area contributed by atoms with Crippen LogP contribution in [0.4, 0.5) is 0 Å². The fourth-order valence-electron chi connectivity index (χ4n) is 0.927. The second-order valence-electron chi connectivity index (χ2n) is 3.74. The van der Waals surface area contributed by atoms with E-state index in [1.54, 1.807) is 0 Å². The lowest BCUT2D eigenvalue weighted by atomic mass is 9.85. The second-order valence-corrected chi connectivity index (χ2v) is 3.74. The number of aliphatic hydroxyl groups excluding tert-OH is 4. The zero-order valence-corrected chi connectivity index (χ0v) is 8.81. The van der Waals surface area contributed by atoms with E-state index in [-0.39, 0.29) is 13.2 Å². The van der Waals surface area contributed by atoms with Gasteiger partial charge in [0.15, 0.2) is 0 Å². The molecule has 0 aromatic rings. The molecule has 0 aliphatic heterocycles. The van der Waals surface area contributed by atoms with Gasteiger partial charge in [0.2, 0.25) is 5.91 Å². The number of amides is 1. The zero-order valence-electron chi connectivity index (χ0n) is 8.81. The van der Waals surface area contributed by atoms with Crippen LogP contribution in [-0.4, -0.2) is 58.8 Å². The van der Waals surface area contributed by atoms with Gasteiger partial charge in [-0.25, -0.2) is 0 Å². The summed E-state index contributed by atoms with van der Waals surface area (Å²) in [6, 6.07) is 0. The summed E-state index contributed by atoms with van der Waals surface area (Å²) in [5, 5.41) is 38.3. The van der Waals surface area contributed by atoms with Crippen molar-refractivity contribution in [3.8, 4) is 0 Å². The third-order valence-electron chi connectivity index (χ3n) is 2.27. The Labute approximate surface area is 88.5 Å². The lowest BCUT2D eigenvalue weighted by Crippen LogP contribution is -2.49. The van der Waals surface area contributed by atoms with Crippen LogP contribution in [0.2, 0.25) is 0 Å². The van der Waals surface area contributed by atoms with Crippen LogP contribution < -0.4 is 5.32 Å². The first-order valence-electron chi connectivity index (χ1n) is 4.80. The molecule has 15 heavy (non-hydrogen) atoms. The normalized spacial score (nSPS) is 13.7. The average molecular weight is 221 g/mol. The standard InChI is InChI=1S/C9H19NO5/c1-9(5-12,6-13)7(14)8(15)10-3-2-4-11/h7,11-14H,2-6H2,1H3,(H,10,15). The minimum Gasteiger partial charge on any atom is -0.396 e. The molecule has 0 aromatic heterocycles. The van der Waals surface area contributed by atoms with Gasteiger partial charge < -0.3 is 25.7 Å². The molecule has 1 amide bonds. The predicted molar refractivity (Wildman–Crippen MR) is 53.0 cm³/mol. The molecule has 0 bridgehead atoms. The summed E-state index contributed by atoms with van der Waals surface area (Å²) in [4.78, 5) is 11.3. The molecule has 1 atom stereocenters. The first kappa shape index (κ1) is 14.3. The highest BCUT2D eigenvalue weighted by molar-refractivity contribution is 5.81. The van der Waals surface area contributed by atoms with Crippen molar-refractivity contribution in [1.82, 2.24) is 5.32 Å². The molecule has 0 heterocycles. The number of hydrogen-bond donors (Lipinski definition) is 5. The van der Waals surface area contributed by atoms with E-state index in [0.29, 0.717) is 6.42 Å². The Kier molecular flexibility index (Phi) is 6.42. The van der Waals surface area contributed by atoms with Crippen LogP contribution in [0.3, 0.4) is 0 Å². The molecular formula is C9H19NO5. The molecule has 6 heteroatoms. The summed E-state index contributed by atoms with van der Waals surface area (Å²) >= 11 is 0. The largest absolute Gasteiger partial charge is 0.396 e. The van der Waals surface area contributed by atoms with Crippen LogP contribution in [0.25, 0.3) is 0 Å². The molecule has 0 fully saturated rings. The van der Waals surface area contributed by atoms with Gasteiger partial charge in [0.25, 0.3) is 0 Å². The number of hydrogen-bond acceptors (Lipinski definition) is 5. The van der Waals surface area contributed by atoms with Crippen LogP contribution in [0.1, 0.15) is 13.3 Å². The van der Waals surface area contributed by atoms with Crippen molar-refractivity contribution in [2.75, 3.05) is 26.4 Å². The molecule has 5 N–H and O–H groups in total. The van der Waals surface area contributed by atoms with Crippen molar-refractivity contribution in [2.45, 2.75) is 19.4 Å². The average Bonchev–Trinajstić information content (AvgIpc) is 2.27. The third kappa shape index (κ3) is 4.13. The summed E-state index contributed by atoms with van der Waals surface area (Å²) in [5.41, 5.74) is -1.25. The fourth-order valence-corrected chi connectivity index (χ4v) is 0.927. The van der Waals surface area contributed by atoms with Crippen molar-refractivity contribution in [2.24, 2.45) is 5.41 Å². The summed E-state index contributed by atoms with van der Waals surface area (Å²) in [5.74, 6) is -0.658. The maximum atomic E-state index is 11.3. The Morgan fingerprint density at radius 2 is 1.87 bits per heavy atom. The molecule has 0 aliphatic rings. The van der Waals surface area contributed by atoms with E-state index < -0.39 is 30.6 Å². The molecule has 0 aliphatic carbocycles. The number of aliphatic hydroxyl groups is 4. The van der Waals surface area contributed by atoms with Gasteiger partial charge in [-0.15, -0.1) is 0 Å². The highest BCUT2D eigenvalue weighted by Crippen LogP contribution is 2.19. The summed E-state index contributed by atoms with van der Waals surface area (Å²) < 4.78 is 0. The zero-order chi connectivity index (χ0) is 11.9. The van der Waals surface area contributed by atoms with Gasteiger partial charge in [0, 0.05) is 18.6 Å². The SMILES string of the molecule is CC(CO)(CO)C(O)C(=O)NCCCO. The Morgan fingerprint density at radius 3 is 2.27 bits per heavy atom. The van der Waals surface area contributed by atoms with Gasteiger partial charge in [0.1, 0.15) is 6.10 Å². The van der Waals surface area contributed by atoms with Crippen LogP contribution in [-0.2, 0) is 4.79 Å². The van der Waals surface area contributed by atoms with Crippen LogP contribution in [0, 0.1) is 5.41 Å². The Morgan fingerprint density at radius 1 is 1.33 bits per heavy atom. The quantitative estimate of drug-likeness (QED) is 0.314. The third-order valence-corrected chi connectivity index (χ3v) is 2.27. The van der Waals surface area contributed by atoms with Crippen molar-refractivity contribution in [1.29, 1.82) is 0 Å². The van der Waals surface area contributed by atoms with E-state index in [4.69, 9.17) is 15.3 Å². The summed E-state index contributed by atoms with van der Waals surface area (Å²) in [7, 11) is 0. The Hall–Kier alpha value is -0.690. The number of rotatable bonds is 7. The lowest BCUT2D eigenvalue weighted by Gasteiger charge is -2.29. The Balaban J connectivity index is 4.17. The van der Waals surface area contributed by atoms with Crippen LogP contribution in [0.15, 0.2) is 0 Å². The minimum atomic E-state index is -1.47. The van der Waals surface area contributed by atoms with E-state index in [0.717, 1.165) is 0 Å². The molecule has 0 radical (unpaired) electrons. The minimum absolute atomic E-state index is 0.0480. The molecule has 1 unspecified atom stereocenters. The van der Waals surface area contributed by atoms with Crippen molar-refractivity contribution >= 4 is 5.91 Å². The first-order valence-corrected chi connectivity index (χ1v) is 4.80. The summed E-state index contributed by atoms with van der Waals surface area (Å²) in [6.45, 7) is 0.631. The Bertz CT molecular complexity index is 193. The van der Waals surface area contributed by atoms with Crippen LogP contribution in [0.5, 0.6) is 0 Å². The highest BCUT2D eigenvalue weighted by Gasteiger charge is 2.36. The number of carbonyl (C=O) groups excluding carboxylic acids is 1. The molecular weight excluding hydrogens is 202 g/mol. The molecule has 0 saturated heterocycles. The summed E-state index contributed by atoms with van der Waals surface area (Å²) in [6.07, 6.45) is -1.07. The lowest BCUT2D eigenvalue weighted by molar-refractivity contribution is -0.140. The molecule has 0 saturated carbocycles. The van der Waals surface area contributed by atoms with E-state index in [1.807, 2.05) is 0 Å². The fraction of sp³-hybridized carbons (Fsp3) is 0.889. The van der Waals surface area contributed by atoms with Crippen LogP contribution >= 0.6 is 0 Å². The van der Waals surface area contributed by atoms with Gasteiger partial charge >= 0.3 is 0 Å². The van der Waals surface area contributed by atoms with E-state index in [9.17, 15) is 9.90 Å². The maximum absolute atomic E-state index is 11.3. The van der Waals surface area contributed by atoms with Gasteiger partial charge in [-0.1, -0.05) is 6.92 Å². The van der Waals surface area contributed by atoms with E-state index >= 15 is 0 Å². The topological polar surface area (TPSA) is 110 Å². The molecule has 0 aromatic carbocycles. The van der Waals surface area contributed by atoms with E-state index in [1.165, 1.54) is 6.92 Å². The predicted octanol–water partition coefficient (Wildman–Crippen LogP) is -2.16. The molecule has 90 valence electrons. The smallest absolute Gasteiger partial charge is 0.249 e. The van der Waals surface area contributed by atoms with Gasteiger partial charge in [-0.2, -0.15) is 0 Å². The second kappa shape index (κ2) is 6.73. The first-order chi connectivity index (χ1) is 7.01. The number of nitrogens with one attached hydrogen (secondary N) is 1. The van der Waals surface area contributed by atoms with E-state index in [2.05, 4.69) is 5.32 Å². The number of carbonyl (C=O) groups is 1. The molecule has 0 spiro atoms. The highest BCUT2D eigenvalue weighted by atomic mass is 16.3. The van der Waals surface area contributed by atoms with Crippen molar-refractivity contribution < 1.29 is 25.2 Å². The van der Waals surface area contributed by atoms with Gasteiger partial charge in [0.05, 0.1) is 13.2 Å².